The fourth-order valence-corrected chi connectivity index (χ4v) is 1.18. The van der Waals surface area contributed by atoms with Gasteiger partial charge in [0.15, 0.2) is 0 Å². The van der Waals surface area contributed by atoms with Crippen molar-refractivity contribution in [2.75, 3.05) is 0 Å². The van der Waals surface area contributed by atoms with E-state index in [0.29, 0.717) is 5.56 Å². The van der Waals surface area contributed by atoms with E-state index in [1.807, 2.05) is 0 Å². The lowest BCUT2D eigenvalue weighted by molar-refractivity contribution is -0.385. The van der Waals surface area contributed by atoms with Gasteiger partial charge in [-0.3, -0.25) is 10.1 Å². The van der Waals surface area contributed by atoms with Crippen molar-refractivity contribution in [1.29, 1.82) is 0 Å². The predicted molar refractivity (Wildman–Crippen MR) is 50.8 cm³/mol. The standard InChI is InChI=1S/C9H10F2N2O2/c1-5-2-3-6(8(12)9(10)11)4-7(5)13(14)15/h2-4,8-9H,12H2,1H3/t8-/m1/s1. The van der Waals surface area contributed by atoms with E-state index in [-0.39, 0.29) is 11.3 Å². The Morgan fingerprint density at radius 2 is 2.07 bits per heavy atom. The highest BCUT2D eigenvalue weighted by molar-refractivity contribution is 5.43. The van der Waals surface area contributed by atoms with Crippen LogP contribution in [0.2, 0.25) is 0 Å². The lowest BCUT2D eigenvalue weighted by Crippen LogP contribution is -2.19. The highest BCUT2D eigenvalue weighted by Crippen LogP contribution is 2.25. The van der Waals surface area contributed by atoms with Gasteiger partial charge in [0.1, 0.15) is 0 Å². The first-order valence-electron chi connectivity index (χ1n) is 4.22. The number of hydrogen-bond donors (Lipinski definition) is 1. The molecule has 2 N–H and O–H groups in total. The zero-order valence-corrected chi connectivity index (χ0v) is 7.98. The lowest BCUT2D eigenvalue weighted by atomic mass is 10.0. The summed E-state index contributed by atoms with van der Waals surface area (Å²) in [5.74, 6) is 0. The monoisotopic (exact) mass is 216 g/mol. The molecule has 1 rings (SSSR count). The summed E-state index contributed by atoms with van der Waals surface area (Å²) in [6.07, 6.45) is -2.73. The summed E-state index contributed by atoms with van der Waals surface area (Å²) in [6, 6.07) is 2.39. The van der Waals surface area contributed by atoms with Gasteiger partial charge in [0, 0.05) is 11.6 Å². The van der Waals surface area contributed by atoms with Gasteiger partial charge in [-0.2, -0.15) is 0 Å². The molecule has 4 nitrogen and oxygen atoms in total. The van der Waals surface area contributed by atoms with Crippen molar-refractivity contribution in [2.45, 2.75) is 19.4 Å². The maximum atomic E-state index is 12.3. The van der Waals surface area contributed by atoms with Crippen LogP contribution in [-0.4, -0.2) is 11.3 Å². The maximum Gasteiger partial charge on any atom is 0.272 e. The molecule has 0 amide bonds. The number of nitro benzene ring substituents is 1. The van der Waals surface area contributed by atoms with E-state index in [2.05, 4.69) is 0 Å². The zero-order chi connectivity index (χ0) is 11.6. The normalized spacial score (nSPS) is 12.9. The van der Waals surface area contributed by atoms with E-state index in [0.717, 1.165) is 6.07 Å². The van der Waals surface area contributed by atoms with Crippen LogP contribution in [0, 0.1) is 17.0 Å². The average Bonchev–Trinajstić information content (AvgIpc) is 2.16. The highest BCUT2D eigenvalue weighted by atomic mass is 19.3. The molecule has 0 aliphatic carbocycles. The van der Waals surface area contributed by atoms with Crippen LogP contribution in [0.5, 0.6) is 0 Å². The van der Waals surface area contributed by atoms with Gasteiger partial charge in [-0.05, 0) is 12.5 Å². The van der Waals surface area contributed by atoms with E-state index in [1.165, 1.54) is 19.1 Å². The van der Waals surface area contributed by atoms with Crippen molar-refractivity contribution in [2.24, 2.45) is 5.73 Å². The molecule has 1 aromatic carbocycles. The quantitative estimate of drug-likeness (QED) is 0.621. The smallest absolute Gasteiger partial charge is 0.272 e. The third-order valence-electron chi connectivity index (χ3n) is 2.09. The SMILES string of the molecule is Cc1ccc([C@@H](N)C(F)F)cc1[N+](=O)[O-]. The van der Waals surface area contributed by atoms with Crippen LogP contribution in [0.1, 0.15) is 17.2 Å². The number of alkyl halides is 2. The van der Waals surface area contributed by atoms with E-state index >= 15 is 0 Å². The molecule has 0 unspecified atom stereocenters. The number of nitrogens with two attached hydrogens (primary N) is 1. The summed E-state index contributed by atoms with van der Waals surface area (Å²) in [7, 11) is 0. The summed E-state index contributed by atoms with van der Waals surface area (Å²) in [5.41, 5.74) is 5.49. The zero-order valence-electron chi connectivity index (χ0n) is 7.98. The van der Waals surface area contributed by atoms with Crippen molar-refractivity contribution in [1.82, 2.24) is 0 Å². The molecule has 6 heteroatoms. The number of halogens is 2. The Labute approximate surface area is 84.9 Å². The molecule has 15 heavy (non-hydrogen) atoms. The molecule has 1 aromatic rings. The lowest BCUT2D eigenvalue weighted by Gasteiger charge is -2.10. The van der Waals surface area contributed by atoms with Crippen molar-refractivity contribution >= 4 is 5.69 Å². The fraction of sp³-hybridized carbons (Fsp3) is 0.333. The molecule has 0 spiro atoms. The van der Waals surface area contributed by atoms with Crippen LogP contribution in [-0.2, 0) is 0 Å². The number of benzene rings is 1. The van der Waals surface area contributed by atoms with Gasteiger partial charge in [0.2, 0.25) is 0 Å². The van der Waals surface area contributed by atoms with E-state index in [1.54, 1.807) is 0 Å². The van der Waals surface area contributed by atoms with Gasteiger partial charge in [0.25, 0.3) is 12.1 Å². The topological polar surface area (TPSA) is 69.2 Å². The Morgan fingerprint density at radius 1 is 1.47 bits per heavy atom. The Kier molecular flexibility index (Phi) is 3.31. The molecule has 0 aliphatic rings. The molecule has 0 aliphatic heterocycles. The van der Waals surface area contributed by atoms with Crippen LogP contribution in [0.3, 0.4) is 0 Å². The number of hydrogen-bond acceptors (Lipinski definition) is 3. The minimum atomic E-state index is -2.73. The average molecular weight is 216 g/mol. The van der Waals surface area contributed by atoms with Crippen LogP contribution in [0.4, 0.5) is 14.5 Å². The Balaban J connectivity index is 3.13. The number of nitrogens with zero attached hydrogens (tertiary/aromatic N) is 1. The van der Waals surface area contributed by atoms with Crippen LogP contribution >= 0.6 is 0 Å². The van der Waals surface area contributed by atoms with Crippen molar-refractivity contribution < 1.29 is 13.7 Å². The molecule has 82 valence electrons. The molecule has 0 bridgehead atoms. The van der Waals surface area contributed by atoms with Gasteiger partial charge in [-0.25, -0.2) is 8.78 Å². The molecule has 0 saturated heterocycles. The third-order valence-corrected chi connectivity index (χ3v) is 2.09. The molecular formula is C9H10F2N2O2. The van der Waals surface area contributed by atoms with Gasteiger partial charge < -0.3 is 5.73 Å². The van der Waals surface area contributed by atoms with Crippen LogP contribution in [0.15, 0.2) is 18.2 Å². The maximum absolute atomic E-state index is 12.3. The number of aryl methyl sites for hydroxylation is 1. The first-order chi connectivity index (χ1) is 6.93. The Bertz CT molecular complexity index is 382. The molecule has 0 radical (unpaired) electrons. The molecule has 0 fully saturated rings. The molecule has 0 aromatic heterocycles. The van der Waals surface area contributed by atoms with Crippen LogP contribution < -0.4 is 5.73 Å². The van der Waals surface area contributed by atoms with Gasteiger partial charge in [-0.1, -0.05) is 12.1 Å². The number of nitro groups is 1. The summed E-state index contributed by atoms with van der Waals surface area (Å²) in [5, 5.41) is 10.5. The van der Waals surface area contributed by atoms with Gasteiger partial charge in [-0.15, -0.1) is 0 Å². The highest BCUT2D eigenvalue weighted by Gasteiger charge is 2.20. The van der Waals surface area contributed by atoms with Crippen molar-refractivity contribution in [3.8, 4) is 0 Å². The second kappa shape index (κ2) is 4.31. The van der Waals surface area contributed by atoms with Crippen molar-refractivity contribution in [3.63, 3.8) is 0 Å². The summed E-state index contributed by atoms with van der Waals surface area (Å²) in [4.78, 5) is 9.93. The Morgan fingerprint density at radius 3 is 2.53 bits per heavy atom. The largest absolute Gasteiger partial charge is 0.319 e. The van der Waals surface area contributed by atoms with Gasteiger partial charge in [0.05, 0.1) is 11.0 Å². The molecule has 1 atom stereocenters. The molecular weight excluding hydrogens is 206 g/mol. The third kappa shape index (κ3) is 2.47. The van der Waals surface area contributed by atoms with Crippen LogP contribution in [0.25, 0.3) is 0 Å². The molecule has 0 saturated carbocycles. The first kappa shape index (κ1) is 11.5. The molecule has 0 heterocycles. The second-order valence-corrected chi connectivity index (χ2v) is 3.16. The Hall–Kier alpha value is -1.56. The van der Waals surface area contributed by atoms with Gasteiger partial charge >= 0.3 is 0 Å². The minimum Gasteiger partial charge on any atom is -0.319 e. The predicted octanol–water partition coefficient (Wildman–Crippen LogP) is 2.17. The number of rotatable bonds is 3. The van der Waals surface area contributed by atoms with E-state index in [4.69, 9.17) is 5.73 Å². The van der Waals surface area contributed by atoms with E-state index < -0.39 is 17.4 Å². The summed E-state index contributed by atoms with van der Waals surface area (Å²) >= 11 is 0. The minimum absolute atomic E-state index is 0.0716. The first-order valence-corrected chi connectivity index (χ1v) is 4.22. The summed E-state index contributed by atoms with van der Waals surface area (Å²) < 4.78 is 24.5. The van der Waals surface area contributed by atoms with E-state index in [9.17, 15) is 18.9 Å². The second-order valence-electron chi connectivity index (χ2n) is 3.16. The summed E-state index contributed by atoms with van der Waals surface area (Å²) in [6.45, 7) is 1.54. The van der Waals surface area contributed by atoms with Crippen molar-refractivity contribution in [3.05, 3.63) is 39.4 Å². The fourth-order valence-electron chi connectivity index (χ4n) is 1.18.